The Morgan fingerprint density at radius 1 is 1.19 bits per heavy atom. The minimum absolute atomic E-state index is 0.0102. The number of sulfone groups is 1. The molecule has 4 rings (SSSR count). The molecule has 37 heavy (non-hydrogen) atoms. The first-order chi connectivity index (χ1) is 17.5. The monoisotopic (exact) mass is 539 g/mol. The zero-order valence-corrected chi connectivity index (χ0v) is 21.8. The molecule has 1 saturated heterocycles. The SMILES string of the molecule is CN(C)S(=O)(=O)c1cccc(-c2nn(-c3ccccc3)cc2/C=C(\C#N)C(=O)NC2CCS(=O)(=O)C2)c1. The Labute approximate surface area is 215 Å². The van der Waals surface area contributed by atoms with Gasteiger partial charge in [0.15, 0.2) is 9.84 Å². The Bertz CT molecular complexity index is 1620. The van der Waals surface area contributed by atoms with Gasteiger partial charge in [-0.2, -0.15) is 10.4 Å². The van der Waals surface area contributed by atoms with Crippen molar-refractivity contribution in [2.75, 3.05) is 25.6 Å². The second-order valence-corrected chi connectivity index (χ2v) is 13.2. The second-order valence-electron chi connectivity index (χ2n) is 8.77. The first-order valence-electron chi connectivity index (χ1n) is 11.3. The molecule has 2 heterocycles. The lowest BCUT2D eigenvalue weighted by Crippen LogP contribution is -2.36. The maximum Gasteiger partial charge on any atom is 0.262 e. The number of para-hydroxylation sites is 1. The highest BCUT2D eigenvalue weighted by Crippen LogP contribution is 2.28. The lowest BCUT2D eigenvalue weighted by Gasteiger charge is -2.12. The van der Waals surface area contributed by atoms with Gasteiger partial charge in [-0.05, 0) is 36.8 Å². The van der Waals surface area contributed by atoms with Crippen molar-refractivity contribution >= 4 is 31.8 Å². The van der Waals surface area contributed by atoms with Crippen LogP contribution in [-0.4, -0.2) is 68.5 Å². The lowest BCUT2D eigenvalue weighted by molar-refractivity contribution is -0.117. The quantitative estimate of drug-likeness (QED) is 0.357. The van der Waals surface area contributed by atoms with Crippen LogP contribution in [-0.2, 0) is 24.7 Å². The van der Waals surface area contributed by atoms with Crippen molar-refractivity contribution in [1.82, 2.24) is 19.4 Å². The van der Waals surface area contributed by atoms with E-state index in [9.17, 15) is 26.9 Å². The van der Waals surface area contributed by atoms with Crippen LogP contribution in [0.4, 0.5) is 0 Å². The largest absolute Gasteiger partial charge is 0.348 e. The van der Waals surface area contributed by atoms with E-state index in [1.807, 2.05) is 36.4 Å². The third kappa shape index (κ3) is 5.80. The highest BCUT2D eigenvalue weighted by Gasteiger charge is 2.30. The van der Waals surface area contributed by atoms with E-state index in [4.69, 9.17) is 0 Å². The van der Waals surface area contributed by atoms with Gasteiger partial charge in [0.25, 0.3) is 5.91 Å². The zero-order chi connectivity index (χ0) is 26.8. The lowest BCUT2D eigenvalue weighted by atomic mass is 10.1. The number of sulfonamides is 1. The first kappa shape index (κ1) is 26.3. The molecule has 1 N–H and O–H groups in total. The van der Waals surface area contributed by atoms with Crippen LogP contribution in [0.5, 0.6) is 0 Å². The molecule has 1 aliphatic heterocycles. The third-order valence-corrected chi connectivity index (χ3v) is 9.46. The van der Waals surface area contributed by atoms with E-state index in [0.717, 1.165) is 9.99 Å². The van der Waals surface area contributed by atoms with Crippen molar-refractivity contribution < 1.29 is 21.6 Å². The smallest absolute Gasteiger partial charge is 0.262 e. The number of amides is 1. The minimum atomic E-state index is -3.71. The molecule has 0 spiro atoms. The van der Waals surface area contributed by atoms with Crippen molar-refractivity contribution in [3.8, 4) is 23.0 Å². The Hall–Kier alpha value is -3.79. The van der Waals surface area contributed by atoms with Crippen molar-refractivity contribution in [2.24, 2.45) is 0 Å². The highest BCUT2D eigenvalue weighted by atomic mass is 32.2. The average molecular weight is 540 g/mol. The Morgan fingerprint density at radius 3 is 2.54 bits per heavy atom. The molecule has 0 aliphatic carbocycles. The highest BCUT2D eigenvalue weighted by molar-refractivity contribution is 7.91. The van der Waals surface area contributed by atoms with Crippen LogP contribution in [0, 0.1) is 11.3 Å². The number of benzene rings is 2. The molecular weight excluding hydrogens is 514 g/mol. The molecule has 1 aliphatic rings. The van der Waals surface area contributed by atoms with Crippen LogP contribution in [0.15, 0.2) is 71.3 Å². The van der Waals surface area contributed by atoms with E-state index in [2.05, 4.69) is 10.4 Å². The molecule has 1 unspecified atom stereocenters. The molecule has 0 bridgehead atoms. The molecule has 3 aromatic rings. The number of nitrogens with zero attached hydrogens (tertiary/aromatic N) is 4. The predicted molar refractivity (Wildman–Crippen MR) is 139 cm³/mol. The number of carbonyl (C=O) groups is 1. The third-order valence-electron chi connectivity index (χ3n) is 5.88. The molecule has 1 amide bonds. The predicted octanol–water partition coefficient (Wildman–Crippen LogP) is 2.00. The summed E-state index contributed by atoms with van der Waals surface area (Å²) in [6.07, 6.45) is 3.30. The molecule has 2 aromatic carbocycles. The van der Waals surface area contributed by atoms with E-state index in [1.54, 1.807) is 23.0 Å². The molecule has 1 fully saturated rings. The first-order valence-corrected chi connectivity index (χ1v) is 14.6. The molecule has 12 heteroatoms. The van der Waals surface area contributed by atoms with Crippen LogP contribution in [0.25, 0.3) is 23.0 Å². The fourth-order valence-electron chi connectivity index (χ4n) is 3.92. The van der Waals surface area contributed by atoms with Gasteiger partial charge < -0.3 is 5.32 Å². The van der Waals surface area contributed by atoms with Gasteiger partial charge in [-0.25, -0.2) is 25.8 Å². The maximum absolute atomic E-state index is 12.8. The summed E-state index contributed by atoms with van der Waals surface area (Å²) in [7, 11) is -4.04. The van der Waals surface area contributed by atoms with E-state index in [1.165, 1.54) is 32.3 Å². The summed E-state index contributed by atoms with van der Waals surface area (Å²) in [5.41, 5.74) is 1.75. The Balaban J connectivity index is 1.78. The van der Waals surface area contributed by atoms with Gasteiger partial charge in [0.05, 0.1) is 22.1 Å². The number of nitrogens with one attached hydrogen (secondary N) is 1. The van der Waals surface area contributed by atoms with Gasteiger partial charge in [0.2, 0.25) is 10.0 Å². The van der Waals surface area contributed by atoms with Gasteiger partial charge in [-0.3, -0.25) is 4.79 Å². The number of aromatic nitrogens is 2. The van der Waals surface area contributed by atoms with Gasteiger partial charge >= 0.3 is 0 Å². The summed E-state index contributed by atoms with van der Waals surface area (Å²) >= 11 is 0. The number of nitriles is 1. The molecule has 0 saturated carbocycles. The van der Waals surface area contributed by atoms with Crippen molar-refractivity contribution in [2.45, 2.75) is 17.4 Å². The van der Waals surface area contributed by atoms with E-state index in [0.29, 0.717) is 16.8 Å². The van der Waals surface area contributed by atoms with Gasteiger partial charge in [0.1, 0.15) is 17.3 Å². The van der Waals surface area contributed by atoms with E-state index in [-0.39, 0.29) is 28.4 Å². The van der Waals surface area contributed by atoms with Crippen molar-refractivity contribution in [1.29, 1.82) is 5.26 Å². The van der Waals surface area contributed by atoms with Crippen LogP contribution in [0.1, 0.15) is 12.0 Å². The van der Waals surface area contributed by atoms with E-state index >= 15 is 0 Å². The molecule has 192 valence electrons. The maximum atomic E-state index is 12.8. The summed E-state index contributed by atoms with van der Waals surface area (Å²) in [5.74, 6) is -0.863. The number of hydrogen-bond donors (Lipinski definition) is 1. The van der Waals surface area contributed by atoms with Gasteiger partial charge in [-0.1, -0.05) is 30.3 Å². The van der Waals surface area contributed by atoms with Gasteiger partial charge in [0, 0.05) is 37.5 Å². The van der Waals surface area contributed by atoms with Crippen LogP contribution < -0.4 is 5.32 Å². The van der Waals surface area contributed by atoms with Crippen LogP contribution in [0.3, 0.4) is 0 Å². The zero-order valence-electron chi connectivity index (χ0n) is 20.2. The van der Waals surface area contributed by atoms with Crippen LogP contribution >= 0.6 is 0 Å². The molecule has 1 atom stereocenters. The summed E-state index contributed by atoms with van der Waals surface area (Å²) in [5, 5.41) is 17.0. The minimum Gasteiger partial charge on any atom is -0.348 e. The normalized spacial score (nSPS) is 17.5. The average Bonchev–Trinajstić information content (AvgIpc) is 3.45. The molecule has 0 radical (unpaired) electrons. The van der Waals surface area contributed by atoms with Gasteiger partial charge in [-0.15, -0.1) is 0 Å². The van der Waals surface area contributed by atoms with Crippen molar-refractivity contribution in [3.63, 3.8) is 0 Å². The summed E-state index contributed by atoms with van der Waals surface area (Å²) in [4.78, 5) is 12.9. The summed E-state index contributed by atoms with van der Waals surface area (Å²) in [6.45, 7) is 0. The number of rotatable bonds is 7. The topological polar surface area (TPSA) is 142 Å². The fraction of sp³-hybridized carbons (Fsp3) is 0.240. The molecular formula is C25H25N5O5S2. The van der Waals surface area contributed by atoms with E-state index < -0.39 is 31.8 Å². The Kier molecular flexibility index (Phi) is 7.31. The Morgan fingerprint density at radius 2 is 1.92 bits per heavy atom. The van der Waals surface area contributed by atoms with Crippen LogP contribution in [0.2, 0.25) is 0 Å². The summed E-state index contributed by atoms with van der Waals surface area (Å²) < 4.78 is 51.6. The van der Waals surface area contributed by atoms with Crippen molar-refractivity contribution in [3.05, 3.63) is 71.9 Å². The second kappa shape index (κ2) is 10.3. The molecule has 10 nitrogen and oxygen atoms in total. The summed E-state index contributed by atoms with van der Waals surface area (Å²) in [6, 6.07) is 16.8. The number of carbonyl (C=O) groups excluding carboxylic acids is 1. The standard InChI is InChI=1S/C25H25N5O5S2/c1-29(2)37(34,35)23-10-6-7-18(14-23)24-20(16-30(28-24)22-8-4-3-5-9-22)13-19(15-26)25(31)27-21-11-12-36(32,33)17-21/h3-10,13-14,16,21H,11-12,17H2,1-2H3,(H,27,31)/b19-13+. The fourth-order valence-corrected chi connectivity index (χ4v) is 6.54. The number of hydrogen-bond acceptors (Lipinski definition) is 7. The molecule has 1 aromatic heterocycles.